The van der Waals surface area contributed by atoms with Gasteiger partial charge in [-0.05, 0) is 33.1 Å². The summed E-state index contributed by atoms with van der Waals surface area (Å²) in [7, 11) is 0. The molecular weight excluding hydrogens is 190 g/mol. The highest BCUT2D eigenvalue weighted by Gasteiger charge is 2.28. The first-order valence-electron chi connectivity index (χ1n) is 6.08. The van der Waals surface area contributed by atoms with Gasteiger partial charge in [0, 0.05) is 25.1 Å². The molecular formula is C12H23NO2. The van der Waals surface area contributed by atoms with E-state index in [9.17, 15) is 4.79 Å². The average Bonchev–Trinajstić information content (AvgIpc) is 2.70. The number of aliphatic hydroxyl groups is 1. The molecule has 0 aromatic carbocycles. The minimum Gasteiger partial charge on any atom is -0.396 e. The molecule has 3 heteroatoms. The van der Waals surface area contributed by atoms with Crippen molar-refractivity contribution in [2.24, 2.45) is 5.92 Å². The lowest BCUT2D eigenvalue weighted by Gasteiger charge is -2.29. The SMILES string of the molecule is CC(C)N(CCCO)C(=O)C1CCCC1. The predicted octanol–water partition coefficient (Wildman–Crippen LogP) is 1.80. The maximum atomic E-state index is 12.1. The van der Waals surface area contributed by atoms with Crippen molar-refractivity contribution in [3.05, 3.63) is 0 Å². The monoisotopic (exact) mass is 213 g/mol. The summed E-state index contributed by atoms with van der Waals surface area (Å²) in [4.78, 5) is 14.1. The molecule has 0 spiro atoms. The highest BCUT2D eigenvalue weighted by molar-refractivity contribution is 5.79. The fourth-order valence-corrected chi connectivity index (χ4v) is 2.27. The first-order chi connectivity index (χ1) is 7.16. The molecule has 1 aliphatic carbocycles. The van der Waals surface area contributed by atoms with Crippen LogP contribution in [0.4, 0.5) is 0 Å². The van der Waals surface area contributed by atoms with Crippen LogP contribution in [0.25, 0.3) is 0 Å². The van der Waals surface area contributed by atoms with Crippen molar-refractivity contribution in [2.45, 2.75) is 52.0 Å². The molecule has 1 amide bonds. The smallest absolute Gasteiger partial charge is 0.225 e. The number of hydrogen-bond acceptors (Lipinski definition) is 2. The standard InChI is InChI=1S/C12H23NO2/c1-10(2)13(8-5-9-14)12(15)11-6-3-4-7-11/h10-11,14H,3-9H2,1-2H3. The summed E-state index contributed by atoms with van der Waals surface area (Å²) < 4.78 is 0. The molecule has 0 saturated heterocycles. The molecule has 88 valence electrons. The van der Waals surface area contributed by atoms with Gasteiger partial charge in [-0.25, -0.2) is 0 Å². The van der Waals surface area contributed by atoms with Crippen LogP contribution < -0.4 is 0 Å². The van der Waals surface area contributed by atoms with Crippen molar-refractivity contribution in [3.63, 3.8) is 0 Å². The Balaban J connectivity index is 2.49. The van der Waals surface area contributed by atoms with Crippen LogP contribution in [-0.4, -0.2) is 35.1 Å². The number of aliphatic hydroxyl groups excluding tert-OH is 1. The van der Waals surface area contributed by atoms with Crippen molar-refractivity contribution in [1.82, 2.24) is 4.90 Å². The molecule has 15 heavy (non-hydrogen) atoms. The third-order valence-corrected chi connectivity index (χ3v) is 3.17. The van der Waals surface area contributed by atoms with Gasteiger partial charge in [0.15, 0.2) is 0 Å². The van der Waals surface area contributed by atoms with E-state index in [-0.39, 0.29) is 18.6 Å². The van der Waals surface area contributed by atoms with Crippen LogP contribution >= 0.6 is 0 Å². The second kappa shape index (κ2) is 6.11. The molecule has 3 nitrogen and oxygen atoms in total. The molecule has 1 aliphatic rings. The number of amides is 1. The van der Waals surface area contributed by atoms with Crippen molar-refractivity contribution in [1.29, 1.82) is 0 Å². The largest absolute Gasteiger partial charge is 0.396 e. The van der Waals surface area contributed by atoms with Gasteiger partial charge in [-0.3, -0.25) is 4.79 Å². The number of nitrogens with zero attached hydrogens (tertiary/aromatic N) is 1. The van der Waals surface area contributed by atoms with Crippen LogP contribution in [0.2, 0.25) is 0 Å². The summed E-state index contributed by atoms with van der Waals surface area (Å²) in [6, 6.07) is 0.254. The summed E-state index contributed by atoms with van der Waals surface area (Å²) in [5.74, 6) is 0.557. The van der Waals surface area contributed by atoms with Crippen LogP contribution in [-0.2, 0) is 4.79 Å². The van der Waals surface area contributed by atoms with E-state index in [0.717, 1.165) is 12.8 Å². The Morgan fingerprint density at radius 3 is 2.47 bits per heavy atom. The number of hydrogen-bond donors (Lipinski definition) is 1. The van der Waals surface area contributed by atoms with E-state index in [1.165, 1.54) is 12.8 Å². The molecule has 0 aliphatic heterocycles. The Kier molecular flexibility index (Phi) is 5.09. The molecule has 0 bridgehead atoms. The molecule has 0 unspecified atom stereocenters. The fourth-order valence-electron chi connectivity index (χ4n) is 2.27. The Hall–Kier alpha value is -0.570. The third-order valence-electron chi connectivity index (χ3n) is 3.17. The summed E-state index contributed by atoms with van der Waals surface area (Å²) in [6.07, 6.45) is 5.20. The van der Waals surface area contributed by atoms with Gasteiger partial charge in [-0.2, -0.15) is 0 Å². The zero-order valence-corrected chi connectivity index (χ0v) is 9.91. The molecule has 1 N–H and O–H groups in total. The van der Waals surface area contributed by atoms with Gasteiger partial charge < -0.3 is 10.0 Å². The Morgan fingerprint density at radius 1 is 1.40 bits per heavy atom. The minimum atomic E-state index is 0.168. The topological polar surface area (TPSA) is 40.5 Å². The summed E-state index contributed by atoms with van der Waals surface area (Å²) in [5, 5.41) is 8.81. The number of carbonyl (C=O) groups is 1. The lowest BCUT2D eigenvalue weighted by Crippen LogP contribution is -2.41. The predicted molar refractivity (Wildman–Crippen MR) is 60.5 cm³/mol. The van der Waals surface area contributed by atoms with Crippen molar-refractivity contribution in [3.8, 4) is 0 Å². The van der Waals surface area contributed by atoms with E-state index < -0.39 is 0 Å². The van der Waals surface area contributed by atoms with Crippen LogP contribution in [0.5, 0.6) is 0 Å². The van der Waals surface area contributed by atoms with Crippen molar-refractivity contribution in [2.75, 3.05) is 13.2 Å². The zero-order valence-electron chi connectivity index (χ0n) is 9.91. The first-order valence-corrected chi connectivity index (χ1v) is 6.08. The van der Waals surface area contributed by atoms with E-state index in [2.05, 4.69) is 0 Å². The molecule has 1 fully saturated rings. The Bertz CT molecular complexity index is 198. The number of rotatable bonds is 5. The van der Waals surface area contributed by atoms with Crippen LogP contribution in [0.3, 0.4) is 0 Å². The van der Waals surface area contributed by atoms with E-state index >= 15 is 0 Å². The van der Waals surface area contributed by atoms with E-state index in [0.29, 0.717) is 18.9 Å². The van der Waals surface area contributed by atoms with Gasteiger partial charge in [0.2, 0.25) is 5.91 Å². The third kappa shape index (κ3) is 3.49. The van der Waals surface area contributed by atoms with Gasteiger partial charge in [-0.1, -0.05) is 12.8 Å². The van der Waals surface area contributed by atoms with Crippen LogP contribution in [0.1, 0.15) is 46.0 Å². The average molecular weight is 213 g/mol. The molecule has 1 saturated carbocycles. The van der Waals surface area contributed by atoms with Gasteiger partial charge in [-0.15, -0.1) is 0 Å². The molecule has 0 atom stereocenters. The molecule has 0 radical (unpaired) electrons. The normalized spacial score (nSPS) is 17.3. The van der Waals surface area contributed by atoms with Crippen molar-refractivity contribution >= 4 is 5.91 Å². The van der Waals surface area contributed by atoms with E-state index in [4.69, 9.17) is 5.11 Å². The highest BCUT2D eigenvalue weighted by Crippen LogP contribution is 2.27. The van der Waals surface area contributed by atoms with Crippen LogP contribution in [0, 0.1) is 5.92 Å². The first kappa shape index (κ1) is 12.5. The van der Waals surface area contributed by atoms with Gasteiger partial charge in [0.05, 0.1) is 0 Å². The van der Waals surface area contributed by atoms with Crippen molar-refractivity contribution < 1.29 is 9.90 Å². The summed E-state index contributed by atoms with van der Waals surface area (Å²) in [5.41, 5.74) is 0. The lowest BCUT2D eigenvalue weighted by molar-refractivity contribution is -0.137. The van der Waals surface area contributed by atoms with Gasteiger partial charge >= 0.3 is 0 Å². The zero-order chi connectivity index (χ0) is 11.3. The number of carbonyl (C=O) groups excluding carboxylic acids is 1. The highest BCUT2D eigenvalue weighted by atomic mass is 16.3. The Labute approximate surface area is 92.5 Å². The summed E-state index contributed by atoms with van der Waals surface area (Å²) >= 11 is 0. The molecule has 1 rings (SSSR count). The maximum Gasteiger partial charge on any atom is 0.225 e. The van der Waals surface area contributed by atoms with E-state index in [1.54, 1.807) is 0 Å². The minimum absolute atomic E-state index is 0.168. The fraction of sp³-hybridized carbons (Fsp3) is 0.917. The van der Waals surface area contributed by atoms with E-state index in [1.807, 2.05) is 18.7 Å². The second-order valence-electron chi connectivity index (χ2n) is 4.68. The quantitative estimate of drug-likeness (QED) is 0.756. The van der Waals surface area contributed by atoms with Crippen LogP contribution in [0.15, 0.2) is 0 Å². The maximum absolute atomic E-state index is 12.1. The summed E-state index contributed by atoms with van der Waals surface area (Å²) in [6.45, 7) is 4.96. The van der Waals surface area contributed by atoms with Gasteiger partial charge in [0.1, 0.15) is 0 Å². The second-order valence-corrected chi connectivity index (χ2v) is 4.68. The lowest BCUT2D eigenvalue weighted by atomic mass is 10.1. The molecule has 0 aromatic heterocycles. The molecule has 0 aromatic rings. The molecule has 0 heterocycles. The van der Waals surface area contributed by atoms with Gasteiger partial charge in [0.25, 0.3) is 0 Å². The Morgan fingerprint density at radius 2 is 2.00 bits per heavy atom.